The highest BCUT2D eigenvalue weighted by atomic mass is 79.9. The first-order valence-electron chi connectivity index (χ1n) is 4.92. The highest BCUT2D eigenvalue weighted by Gasteiger charge is 2.34. The lowest BCUT2D eigenvalue weighted by Gasteiger charge is -2.17. The number of aryl methyl sites for hydroxylation is 1. The summed E-state index contributed by atoms with van der Waals surface area (Å²) < 4.78 is 24.9. The third-order valence-electron chi connectivity index (χ3n) is 2.92. The number of aromatic nitrogens is 3. The van der Waals surface area contributed by atoms with Gasteiger partial charge in [0.05, 0.1) is 23.2 Å². The van der Waals surface area contributed by atoms with E-state index in [2.05, 4.69) is 26.2 Å². The molecule has 0 amide bonds. The van der Waals surface area contributed by atoms with E-state index in [0.29, 0.717) is 11.0 Å². The molecule has 0 aliphatic carbocycles. The molecule has 1 saturated heterocycles. The van der Waals surface area contributed by atoms with Gasteiger partial charge in [-0.05, 0) is 28.3 Å². The third-order valence-corrected chi connectivity index (χ3v) is 5.28. The van der Waals surface area contributed by atoms with Crippen molar-refractivity contribution >= 4 is 25.8 Å². The Hall–Kier alpha value is -0.470. The summed E-state index contributed by atoms with van der Waals surface area (Å²) in [6.45, 7) is 0. The zero-order valence-electron chi connectivity index (χ0n) is 8.80. The van der Waals surface area contributed by atoms with E-state index >= 15 is 0 Å². The number of nitrogens with two attached hydrogens (primary N) is 1. The second kappa shape index (κ2) is 4.08. The van der Waals surface area contributed by atoms with Gasteiger partial charge in [-0.25, -0.2) is 13.1 Å². The van der Waals surface area contributed by atoms with Gasteiger partial charge in [0.25, 0.3) is 0 Å². The summed E-state index contributed by atoms with van der Waals surface area (Å²) >= 11 is 3.27. The average Bonchev–Trinajstić information content (AvgIpc) is 2.70. The minimum absolute atomic E-state index is 0.0431. The minimum Gasteiger partial charge on any atom is -0.322 e. The van der Waals surface area contributed by atoms with E-state index in [1.165, 1.54) is 0 Å². The molecule has 8 heteroatoms. The fourth-order valence-corrected chi connectivity index (χ4v) is 4.47. The van der Waals surface area contributed by atoms with Crippen LogP contribution in [0.1, 0.15) is 18.2 Å². The van der Waals surface area contributed by atoms with Gasteiger partial charge in [0.1, 0.15) is 0 Å². The molecule has 0 aromatic carbocycles. The standard InChI is InChI=1S/C8H13BrN4O2S/c1-13-7(8(9)11-12-13)6(10)5-2-3-16(14,15)4-5/h5-6H,2-4,10H2,1H3. The molecule has 0 spiro atoms. The van der Waals surface area contributed by atoms with E-state index in [4.69, 9.17) is 5.73 Å². The third kappa shape index (κ3) is 2.14. The van der Waals surface area contributed by atoms with Crippen LogP contribution in [0.25, 0.3) is 0 Å². The topological polar surface area (TPSA) is 90.9 Å². The molecule has 2 unspecified atom stereocenters. The number of hydrogen-bond donors (Lipinski definition) is 1. The van der Waals surface area contributed by atoms with Crippen molar-refractivity contribution in [1.82, 2.24) is 15.0 Å². The quantitative estimate of drug-likeness (QED) is 0.831. The number of halogens is 1. The van der Waals surface area contributed by atoms with Crippen LogP contribution in [0.4, 0.5) is 0 Å². The number of nitrogens with zero attached hydrogens (tertiary/aromatic N) is 3. The van der Waals surface area contributed by atoms with Gasteiger partial charge in [-0.3, -0.25) is 0 Å². The first-order chi connectivity index (χ1) is 7.41. The van der Waals surface area contributed by atoms with Crippen LogP contribution in [0.5, 0.6) is 0 Å². The SMILES string of the molecule is Cn1nnc(Br)c1C(N)C1CCS(=O)(=O)C1. The second-order valence-corrected chi connectivity index (χ2v) is 7.06. The fourth-order valence-electron chi connectivity index (χ4n) is 2.02. The predicted molar refractivity (Wildman–Crippen MR) is 62.4 cm³/mol. The van der Waals surface area contributed by atoms with E-state index < -0.39 is 9.84 Å². The van der Waals surface area contributed by atoms with Crippen molar-refractivity contribution in [3.8, 4) is 0 Å². The first-order valence-corrected chi connectivity index (χ1v) is 7.53. The molecular weight excluding hydrogens is 296 g/mol. The van der Waals surface area contributed by atoms with Gasteiger partial charge in [-0.15, -0.1) is 5.10 Å². The van der Waals surface area contributed by atoms with Gasteiger partial charge in [0.2, 0.25) is 0 Å². The molecule has 90 valence electrons. The molecule has 6 nitrogen and oxygen atoms in total. The van der Waals surface area contributed by atoms with Crippen molar-refractivity contribution in [1.29, 1.82) is 0 Å². The Morgan fingerprint density at radius 1 is 1.62 bits per heavy atom. The van der Waals surface area contributed by atoms with Crippen LogP contribution in [0.3, 0.4) is 0 Å². The Bertz CT molecular complexity index is 479. The normalized spacial score (nSPS) is 25.8. The Balaban J connectivity index is 2.24. The summed E-state index contributed by atoms with van der Waals surface area (Å²) in [5, 5.41) is 7.68. The van der Waals surface area contributed by atoms with Crippen molar-refractivity contribution < 1.29 is 8.42 Å². The van der Waals surface area contributed by atoms with Gasteiger partial charge in [0.15, 0.2) is 14.4 Å². The van der Waals surface area contributed by atoms with Crippen molar-refractivity contribution in [2.75, 3.05) is 11.5 Å². The summed E-state index contributed by atoms with van der Waals surface area (Å²) in [7, 11) is -1.16. The van der Waals surface area contributed by atoms with Crippen LogP contribution in [-0.2, 0) is 16.9 Å². The molecule has 2 heterocycles. The van der Waals surface area contributed by atoms with Gasteiger partial charge in [-0.1, -0.05) is 5.21 Å². The molecular formula is C8H13BrN4O2S. The van der Waals surface area contributed by atoms with E-state index in [-0.39, 0.29) is 23.5 Å². The Kier molecular flexibility index (Phi) is 3.06. The lowest BCUT2D eigenvalue weighted by Crippen LogP contribution is -2.25. The van der Waals surface area contributed by atoms with Crippen molar-refractivity contribution in [3.63, 3.8) is 0 Å². The average molecular weight is 309 g/mol. The summed E-state index contributed by atoms with van der Waals surface area (Å²) in [6, 6.07) is -0.341. The lowest BCUT2D eigenvalue weighted by atomic mass is 9.98. The summed E-state index contributed by atoms with van der Waals surface area (Å²) in [5.74, 6) is 0.346. The van der Waals surface area contributed by atoms with Gasteiger partial charge in [0, 0.05) is 7.05 Å². The molecule has 1 aliphatic heterocycles. The highest BCUT2D eigenvalue weighted by Crippen LogP contribution is 2.31. The molecule has 2 rings (SSSR count). The van der Waals surface area contributed by atoms with Gasteiger partial charge < -0.3 is 5.73 Å². The van der Waals surface area contributed by atoms with Crippen molar-refractivity contribution in [3.05, 3.63) is 10.3 Å². The van der Waals surface area contributed by atoms with Crippen LogP contribution < -0.4 is 5.73 Å². The van der Waals surface area contributed by atoms with Crippen LogP contribution >= 0.6 is 15.9 Å². The largest absolute Gasteiger partial charge is 0.322 e. The summed E-state index contributed by atoms with van der Waals surface area (Å²) in [6.07, 6.45) is 0.612. The van der Waals surface area contributed by atoms with E-state index in [0.717, 1.165) is 5.69 Å². The zero-order valence-corrected chi connectivity index (χ0v) is 11.2. The molecule has 2 N–H and O–H groups in total. The molecule has 0 bridgehead atoms. The van der Waals surface area contributed by atoms with E-state index in [1.54, 1.807) is 11.7 Å². The lowest BCUT2D eigenvalue weighted by molar-refractivity contribution is 0.451. The molecule has 0 radical (unpaired) electrons. The van der Waals surface area contributed by atoms with Crippen molar-refractivity contribution in [2.24, 2.45) is 18.7 Å². The molecule has 1 aromatic rings. The maximum atomic E-state index is 11.4. The second-order valence-electron chi connectivity index (χ2n) is 4.08. The van der Waals surface area contributed by atoms with Crippen LogP contribution in [0.2, 0.25) is 0 Å². The number of hydrogen-bond acceptors (Lipinski definition) is 5. The Morgan fingerprint density at radius 2 is 2.31 bits per heavy atom. The molecule has 2 atom stereocenters. The van der Waals surface area contributed by atoms with Crippen LogP contribution in [0.15, 0.2) is 4.60 Å². The van der Waals surface area contributed by atoms with Gasteiger partial charge >= 0.3 is 0 Å². The van der Waals surface area contributed by atoms with Crippen LogP contribution in [0, 0.1) is 5.92 Å². The molecule has 16 heavy (non-hydrogen) atoms. The Morgan fingerprint density at radius 3 is 2.75 bits per heavy atom. The van der Waals surface area contributed by atoms with Crippen molar-refractivity contribution in [2.45, 2.75) is 12.5 Å². The maximum absolute atomic E-state index is 11.4. The Labute approximate surface area is 102 Å². The highest BCUT2D eigenvalue weighted by molar-refractivity contribution is 9.10. The summed E-state index contributed by atoms with van der Waals surface area (Å²) in [5.41, 5.74) is 6.82. The van der Waals surface area contributed by atoms with Gasteiger partial charge in [-0.2, -0.15) is 0 Å². The van der Waals surface area contributed by atoms with E-state index in [9.17, 15) is 8.42 Å². The number of sulfone groups is 1. The van der Waals surface area contributed by atoms with Crippen LogP contribution in [-0.4, -0.2) is 34.9 Å². The van der Waals surface area contributed by atoms with E-state index in [1.807, 2.05) is 0 Å². The fraction of sp³-hybridized carbons (Fsp3) is 0.750. The monoisotopic (exact) mass is 308 g/mol. The predicted octanol–water partition coefficient (Wildman–Crippen LogP) is 0.0121. The molecule has 0 saturated carbocycles. The first kappa shape index (κ1) is 12.0. The smallest absolute Gasteiger partial charge is 0.153 e. The molecule has 1 fully saturated rings. The molecule has 1 aromatic heterocycles. The maximum Gasteiger partial charge on any atom is 0.153 e. The number of rotatable bonds is 2. The minimum atomic E-state index is -2.90. The summed E-state index contributed by atoms with van der Waals surface area (Å²) in [4.78, 5) is 0. The zero-order chi connectivity index (χ0) is 11.9. The molecule has 1 aliphatic rings.